The highest BCUT2D eigenvalue weighted by Gasteiger charge is 2.30. The number of aliphatic carboxylic acids is 1. The maximum Gasteiger partial charge on any atom is 0.313 e. The number of thiophene rings is 1. The van der Waals surface area contributed by atoms with Crippen LogP contribution in [-0.2, 0) is 10.2 Å². The van der Waals surface area contributed by atoms with E-state index in [2.05, 4.69) is 15.9 Å². The molecule has 0 bridgehead atoms. The fourth-order valence-electron chi connectivity index (χ4n) is 0.761. The Morgan fingerprint density at radius 1 is 1.67 bits per heavy atom. The van der Waals surface area contributed by atoms with E-state index >= 15 is 0 Å². The van der Waals surface area contributed by atoms with Crippen LogP contribution in [0.4, 0.5) is 0 Å². The second-order valence-electron chi connectivity index (χ2n) is 3.07. The molecule has 0 aliphatic heterocycles. The summed E-state index contributed by atoms with van der Waals surface area (Å²) in [7, 11) is 0. The molecule has 0 aliphatic carbocycles. The van der Waals surface area contributed by atoms with Crippen LogP contribution in [0.5, 0.6) is 0 Å². The van der Waals surface area contributed by atoms with Crippen molar-refractivity contribution in [3.8, 4) is 0 Å². The van der Waals surface area contributed by atoms with Crippen molar-refractivity contribution < 1.29 is 9.90 Å². The number of hydrogen-bond donors (Lipinski definition) is 1. The molecule has 1 rings (SSSR count). The Hall–Kier alpha value is -0.350. The minimum atomic E-state index is -0.798. The number of carboxylic acid groups (broad SMARTS) is 1. The standard InChI is InChI=1S/C8H9BrO2S/c1-8(2,7(10)11)5-3-6(9)12-4-5/h3-4H,1-2H3,(H,10,11). The highest BCUT2D eigenvalue weighted by atomic mass is 79.9. The Morgan fingerprint density at radius 3 is 2.58 bits per heavy atom. The molecule has 0 saturated carbocycles. The van der Waals surface area contributed by atoms with Crippen LogP contribution >= 0.6 is 27.3 Å². The van der Waals surface area contributed by atoms with Crippen molar-refractivity contribution in [2.45, 2.75) is 19.3 Å². The molecular formula is C8H9BrO2S. The van der Waals surface area contributed by atoms with Crippen molar-refractivity contribution in [1.82, 2.24) is 0 Å². The van der Waals surface area contributed by atoms with Gasteiger partial charge in [-0.25, -0.2) is 0 Å². The molecule has 66 valence electrons. The van der Waals surface area contributed by atoms with Crippen LogP contribution in [0.15, 0.2) is 15.2 Å². The van der Waals surface area contributed by atoms with Crippen LogP contribution in [0.1, 0.15) is 19.4 Å². The smallest absolute Gasteiger partial charge is 0.313 e. The average Bonchev–Trinajstić information content (AvgIpc) is 2.35. The van der Waals surface area contributed by atoms with Crippen LogP contribution < -0.4 is 0 Å². The predicted molar refractivity (Wildman–Crippen MR) is 52.7 cm³/mol. The van der Waals surface area contributed by atoms with Crippen molar-refractivity contribution in [2.75, 3.05) is 0 Å². The van der Waals surface area contributed by atoms with Gasteiger partial charge in [0.05, 0.1) is 9.20 Å². The van der Waals surface area contributed by atoms with Crippen molar-refractivity contribution in [2.24, 2.45) is 0 Å². The number of hydrogen-bond acceptors (Lipinski definition) is 2. The van der Waals surface area contributed by atoms with Gasteiger partial charge in [0.1, 0.15) is 0 Å². The van der Waals surface area contributed by atoms with Gasteiger partial charge in [-0.15, -0.1) is 11.3 Å². The molecule has 1 N–H and O–H groups in total. The molecule has 4 heteroatoms. The van der Waals surface area contributed by atoms with Gasteiger partial charge < -0.3 is 5.11 Å². The minimum Gasteiger partial charge on any atom is -0.481 e. The molecule has 0 amide bonds. The van der Waals surface area contributed by atoms with Crippen LogP contribution in [0, 0.1) is 0 Å². The lowest BCUT2D eigenvalue weighted by molar-refractivity contribution is -0.142. The second kappa shape index (κ2) is 3.18. The monoisotopic (exact) mass is 248 g/mol. The largest absolute Gasteiger partial charge is 0.481 e. The van der Waals surface area contributed by atoms with E-state index < -0.39 is 11.4 Å². The first-order valence-electron chi connectivity index (χ1n) is 3.42. The lowest BCUT2D eigenvalue weighted by atomic mass is 9.87. The lowest BCUT2D eigenvalue weighted by Crippen LogP contribution is -2.27. The van der Waals surface area contributed by atoms with E-state index in [0.717, 1.165) is 9.35 Å². The zero-order chi connectivity index (χ0) is 9.35. The summed E-state index contributed by atoms with van der Waals surface area (Å²) in [6, 6.07) is 1.85. The Balaban J connectivity index is 3.05. The maximum absolute atomic E-state index is 10.8. The summed E-state index contributed by atoms with van der Waals surface area (Å²) in [5.41, 5.74) is 0.0505. The molecule has 0 aliphatic rings. The maximum atomic E-state index is 10.8. The van der Waals surface area contributed by atoms with E-state index in [0.29, 0.717) is 0 Å². The number of carbonyl (C=O) groups is 1. The van der Waals surface area contributed by atoms with Gasteiger partial charge >= 0.3 is 5.97 Å². The number of carboxylic acids is 1. The van der Waals surface area contributed by atoms with E-state index in [1.54, 1.807) is 13.8 Å². The summed E-state index contributed by atoms with van der Waals surface area (Å²) < 4.78 is 0.965. The molecule has 1 heterocycles. The normalized spacial score (nSPS) is 11.6. The third-order valence-electron chi connectivity index (χ3n) is 1.82. The molecule has 0 radical (unpaired) electrons. The molecule has 0 spiro atoms. The molecule has 12 heavy (non-hydrogen) atoms. The SMILES string of the molecule is CC(C)(C(=O)O)c1csc(Br)c1. The third kappa shape index (κ3) is 1.69. The van der Waals surface area contributed by atoms with E-state index in [1.807, 2.05) is 11.4 Å². The molecule has 1 aromatic heterocycles. The van der Waals surface area contributed by atoms with E-state index in [1.165, 1.54) is 11.3 Å². The van der Waals surface area contributed by atoms with Crippen molar-refractivity contribution in [1.29, 1.82) is 0 Å². The van der Waals surface area contributed by atoms with Crippen LogP contribution in [0.2, 0.25) is 0 Å². The highest BCUT2D eigenvalue weighted by molar-refractivity contribution is 9.11. The van der Waals surface area contributed by atoms with Crippen molar-refractivity contribution in [3.63, 3.8) is 0 Å². The summed E-state index contributed by atoms with van der Waals surface area (Å²) in [4.78, 5) is 10.8. The van der Waals surface area contributed by atoms with Crippen molar-refractivity contribution in [3.05, 3.63) is 20.8 Å². The van der Waals surface area contributed by atoms with Gasteiger partial charge in [0.2, 0.25) is 0 Å². The summed E-state index contributed by atoms with van der Waals surface area (Å²) in [5.74, 6) is -0.798. The number of halogens is 1. The first-order valence-corrected chi connectivity index (χ1v) is 5.10. The minimum absolute atomic E-state index is 0.789. The number of rotatable bonds is 2. The Labute approximate surface area is 83.4 Å². The molecule has 0 saturated heterocycles. The topological polar surface area (TPSA) is 37.3 Å². The molecule has 0 fully saturated rings. The zero-order valence-corrected chi connectivity index (χ0v) is 9.20. The molecule has 1 aromatic rings. The van der Waals surface area contributed by atoms with Crippen molar-refractivity contribution >= 4 is 33.2 Å². The van der Waals surface area contributed by atoms with Gasteiger partial charge in [-0.3, -0.25) is 4.79 Å². The average molecular weight is 249 g/mol. The fourth-order valence-corrected chi connectivity index (χ4v) is 2.09. The van der Waals surface area contributed by atoms with Gasteiger partial charge in [0.25, 0.3) is 0 Å². The van der Waals surface area contributed by atoms with Crippen LogP contribution in [0.3, 0.4) is 0 Å². The van der Waals surface area contributed by atoms with Crippen LogP contribution in [0.25, 0.3) is 0 Å². The highest BCUT2D eigenvalue weighted by Crippen LogP contribution is 2.30. The van der Waals surface area contributed by atoms with Gasteiger partial charge in [-0.2, -0.15) is 0 Å². The van der Waals surface area contributed by atoms with Gasteiger partial charge in [0.15, 0.2) is 0 Å². The predicted octanol–water partition coefficient (Wildman–Crippen LogP) is 2.87. The Bertz CT molecular complexity index is 304. The summed E-state index contributed by atoms with van der Waals surface area (Å²) in [5, 5.41) is 10.8. The summed E-state index contributed by atoms with van der Waals surface area (Å²) >= 11 is 4.80. The fraction of sp³-hybridized carbons (Fsp3) is 0.375. The van der Waals surface area contributed by atoms with Gasteiger partial charge in [-0.1, -0.05) is 0 Å². The van der Waals surface area contributed by atoms with E-state index in [-0.39, 0.29) is 0 Å². The lowest BCUT2D eigenvalue weighted by Gasteiger charge is -2.16. The third-order valence-corrected chi connectivity index (χ3v) is 3.33. The summed E-state index contributed by atoms with van der Waals surface area (Å²) in [6.07, 6.45) is 0. The Kier molecular flexibility index (Phi) is 2.58. The van der Waals surface area contributed by atoms with Crippen LogP contribution in [-0.4, -0.2) is 11.1 Å². The zero-order valence-electron chi connectivity index (χ0n) is 6.80. The Morgan fingerprint density at radius 2 is 2.25 bits per heavy atom. The van der Waals surface area contributed by atoms with Gasteiger partial charge in [-0.05, 0) is 46.8 Å². The first-order chi connectivity index (χ1) is 5.44. The molecule has 0 aromatic carbocycles. The molecule has 0 unspecified atom stereocenters. The summed E-state index contributed by atoms with van der Waals surface area (Å²) in [6.45, 7) is 3.40. The second-order valence-corrected chi connectivity index (χ2v) is 5.36. The molecule has 0 atom stereocenters. The van der Waals surface area contributed by atoms with E-state index in [9.17, 15) is 4.79 Å². The first kappa shape index (κ1) is 9.74. The molecule has 2 nitrogen and oxygen atoms in total. The molecular weight excluding hydrogens is 240 g/mol. The quantitative estimate of drug-likeness (QED) is 0.874. The van der Waals surface area contributed by atoms with Gasteiger partial charge in [0, 0.05) is 0 Å². The van der Waals surface area contributed by atoms with E-state index in [4.69, 9.17) is 5.11 Å².